The third-order valence-corrected chi connectivity index (χ3v) is 3.87. The van der Waals surface area contributed by atoms with Gasteiger partial charge in [-0.25, -0.2) is 0 Å². The molecule has 0 saturated carbocycles. The maximum absolute atomic E-state index is 11.8. The summed E-state index contributed by atoms with van der Waals surface area (Å²) < 4.78 is 0. The Morgan fingerprint density at radius 3 is 2.16 bits per heavy atom. The molecular formula is C16H34N2O. The zero-order chi connectivity index (χ0) is 15.3. The van der Waals surface area contributed by atoms with Crippen LogP contribution in [0.5, 0.6) is 0 Å². The molecule has 2 atom stereocenters. The first-order valence-corrected chi connectivity index (χ1v) is 7.53. The maximum Gasteiger partial charge on any atom is 0.221 e. The monoisotopic (exact) mass is 270 g/mol. The van der Waals surface area contributed by atoms with Crippen molar-refractivity contribution in [1.29, 1.82) is 0 Å². The van der Waals surface area contributed by atoms with E-state index < -0.39 is 0 Å². The second kappa shape index (κ2) is 7.28. The van der Waals surface area contributed by atoms with E-state index in [1.54, 1.807) is 0 Å². The highest BCUT2D eigenvalue weighted by molar-refractivity contribution is 5.76. The lowest BCUT2D eigenvalue weighted by Crippen LogP contribution is -2.45. The van der Waals surface area contributed by atoms with Crippen LogP contribution >= 0.6 is 0 Å². The Morgan fingerprint density at radius 1 is 1.21 bits per heavy atom. The lowest BCUT2D eigenvalue weighted by atomic mass is 9.74. The summed E-state index contributed by atoms with van der Waals surface area (Å²) in [6, 6.07) is 0. The van der Waals surface area contributed by atoms with Crippen LogP contribution in [-0.4, -0.2) is 12.1 Å². The van der Waals surface area contributed by atoms with E-state index in [1.807, 2.05) is 0 Å². The smallest absolute Gasteiger partial charge is 0.221 e. The van der Waals surface area contributed by atoms with Crippen LogP contribution in [0.4, 0.5) is 0 Å². The van der Waals surface area contributed by atoms with Crippen molar-refractivity contribution in [2.24, 2.45) is 22.5 Å². The van der Waals surface area contributed by atoms with Gasteiger partial charge in [-0.15, -0.1) is 0 Å². The minimum Gasteiger partial charge on any atom is -0.341 e. The predicted octanol–water partition coefficient (Wildman–Crippen LogP) is 3.68. The molecule has 0 radical (unpaired) electrons. The fraction of sp³-hybridized carbons (Fsp3) is 0.938. The number of hydrogen-bond donors (Lipinski definition) is 2. The molecule has 3 N–H and O–H groups in total. The van der Waals surface area contributed by atoms with Gasteiger partial charge in [0.2, 0.25) is 5.91 Å². The van der Waals surface area contributed by atoms with Gasteiger partial charge >= 0.3 is 0 Å². The molecule has 0 heterocycles. The molecule has 2 unspecified atom stereocenters. The van der Waals surface area contributed by atoms with Gasteiger partial charge in [-0.3, -0.25) is 4.79 Å². The standard InChI is InChI=1S/C16H34N2O/c1-8-9-16(6,7)12(2)10-13(17)18-14(19)11-15(3,4)5/h12-13H,8-11,17H2,1-7H3,(H,18,19). The highest BCUT2D eigenvalue weighted by atomic mass is 16.1. The largest absolute Gasteiger partial charge is 0.341 e. The van der Waals surface area contributed by atoms with Gasteiger partial charge in [0.15, 0.2) is 0 Å². The molecule has 3 heteroatoms. The van der Waals surface area contributed by atoms with Gasteiger partial charge < -0.3 is 11.1 Å². The highest BCUT2D eigenvalue weighted by Gasteiger charge is 2.27. The van der Waals surface area contributed by atoms with Gasteiger partial charge in [-0.05, 0) is 29.6 Å². The van der Waals surface area contributed by atoms with Crippen molar-refractivity contribution in [2.45, 2.75) is 80.3 Å². The Hall–Kier alpha value is -0.570. The van der Waals surface area contributed by atoms with Crippen LogP contribution < -0.4 is 11.1 Å². The molecule has 0 fully saturated rings. The molecule has 0 aliphatic carbocycles. The Morgan fingerprint density at radius 2 is 1.74 bits per heavy atom. The first-order valence-electron chi connectivity index (χ1n) is 7.53. The van der Waals surface area contributed by atoms with Gasteiger partial charge in [0.1, 0.15) is 0 Å². The van der Waals surface area contributed by atoms with Crippen molar-refractivity contribution in [3.8, 4) is 0 Å². The molecule has 0 aromatic heterocycles. The minimum absolute atomic E-state index is 0.0108. The van der Waals surface area contributed by atoms with Crippen LogP contribution in [0.25, 0.3) is 0 Å². The number of nitrogens with one attached hydrogen (secondary N) is 1. The van der Waals surface area contributed by atoms with Crippen LogP contribution in [0.1, 0.15) is 74.1 Å². The van der Waals surface area contributed by atoms with Crippen LogP contribution in [0.2, 0.25) is 0 Å². The zero-order valence-corrected chi connectivity index (χ0v) is 14.0. The highest BCUT2D eigenvalue weighted by Crippen LogP contribution is 2.34. The molecule has 114 valence electrons. The second-order valence-electron chi connectivity index (χ2n) is 7.79. The third-order valence-electron chi connectivity index (χ3n) is 3.87. The van der Waals surface area contributed by atoms with Crippen molar-refractivity contribution >= 4 is 5.91 Å². The van der Waals surface area contributed by atoms with Crippen molar-refractivity contribution in [3.05, 3.63) is 0 Å². The first kappa shape index (κ1) is 18.4. The predicted molar refractivity (Wildman–Crippen MR) is 82.7 cm³/mol. The van der Waals surface area contributed by atoms with E-state index in [1.165, 1.54) is 12.8 Å². The van der Waals surface area contributed by atoms with Gasteiger partial charge in [-0.1, -0.05) is 54.9 Å². The Labute approximate surface area is 119 Å². The van der Waals surface area contributed by atoms with Crippen LogP contribution in [0, 0.1) is 16.7 Å². The molecule has 3 nitrogen and oxygen atoms in total. The van der Waals surface area contributed by atoms with Gasteiger partial charge in [0, 0.05) is 6.42 Å². The van der Waals surface area contributed by atoms with E-state index in [-0.39, 0.29) is 22.9 Å². The Kier molecular flexibility index (Phi) is 7.06. The summed E-state index contributed by atoms with van der Waals surface area (Å²) in [7, 11) is 0. The number of rotatable bonds is 7. The van der Waals surface area contributed by atoms with Crippen molar-refractivity contribution in [3.63, 3.8) is 0 Å². The van der Waals surface area contributed by atoms with Crippen LogP contribution in [-0.2, 0) is 4.79 Å². The number of hydrogen-bond acceptors (Lipinski definition) is 2. The summed E-state index contributed by atoms with van der Waals surface area (Å²) in [5, 5.41) is 2.92. The van der Waals surface area contributed by atoms with E-state index >= 15 is 0 Å². The van der Waals surface area contributed by atoms with E-state index in [0.29, 0.717) is 12.3 Å². The molecular weight excluding hydrogens is 236 g/mol. The summed E-state index contributed by atoms with van der Waals surface area (Å²) >= 11 is 0. The molecule has 0 aromatic carbocycles. The lowest BCUT2D eigenvalue weighted by Gasteiger charge is -2.33. The van der Waals surface area contributed by atoms with Gasteiger partial charge in [0.25, 0.3) is 0 Å². The van der Waals surface area contributed by atoms with Crippen molar-refractivity contribution in [1.82, 2.24) is 5.32 Å². The number of carbonyl (C=O) groups is 1. The second-order valence-corrected chi connectivity index (χ2v) is 7.79. The molecule has 0 spiro atoms. The number of amides is 1. The molecule has 1 amide bonds. The molecule has 0 aliphatic heterocycles. The summed E-state index contributed by atoms with van der Waals surface area (Å²) in [5.74, 6) is 0.554. The van der Waals surface area contributed by atoms with Gasteiger partial charge in [0.05, 0.1) is 6.17 Å². The summed E-state index contributed by atoms with van der Waals surface area (Å²) in [6.45, 7) is 15.2. The average molecular weight is 270 g/mol. The fourth-order valence-corrected chi connectivity index (χ4v) is 2.39. The van der Waals surface area contributed by atoms with Crippen LogP contribution in [0.15, 0.2) is 0 Å². The molecule has 0 saturated heterocycles. The normalized spacial score (nSPS) is 16.0. The number of carbonyl (C=O) groups excluding carboxylic acids is 1. The third kappa shape index (κ3) is 8.25. The van der Waals surface area contributed by atoms with E-state index in [4.69, 9.17) is 5.73 Å². The first-order chi connectivity index (χ1) is 8.48. The van der Waals surface area contributed by atoms with Gasteiger partial charge in [-0.2, -0.15) is 0 Å². The number of nitrogens with two attached hydrogens (primary N) is 1. The van der Waals surface area contributed by atoms with E-state index in [2.05, 4.69) is 53.8 Å². The van der Waals surface area contributed by atoms with Crippen molar-refractivity contribution in [2.75, 3.05) is 0 Å². The SMILES string of the molecule is CCCC(C)(C)C(C)CC(N)NC(=O)CC(C)(C)C. The summed E-state index contributed by atoms with van der Waals surface area (Å²) in [6.07, 6.45) is 3.50. The quantitative estimate of drug-likeness (QED) is 0.693. The molecule has 0 aromatic rings. The molecule has 0 aliphatic rings. The summed E-state index contributed by atoms with van der Waals surface area (Å²) in [4.78, 5) is 11.8. The van der Waals surface area contributed by atoms with Crippen LogP contribution in [0.3, 0.4) is 0 Å². The maximum atomic E-state index is 11.8. The minimum atomic E-state index is -0.235. The topological polar surface area (TPSA) is 55.1 Å². The zero-order valence-electron chi connectivity index (χ0n) is 14.0. The van der Waals surface area contributed by atoms with Crippen molar-refractivity contribution < 1.29 is 4.79 Å². The molecule has 0 bridgehead atoms. The van der Waals surface area contributed by atoms with E-state index in [9.17, 15) is 4.79 Å². The fourth-order valence-electron chi connectivity index (χ4n) is 2.39. The van der Waals surface area contributed by atoms with E-state index in [0.717, 1.165) is 6.42 Å². The molecule has 19 heavy (non-hydrogen) atoms. The Bertz CT molecular complexity index is 279. The summed E-state index contributed by atoms with van der Waals surface area (Å²) in [5.41, 5.74) is 6.34. The Balaban J connectivity index is 4.24. The molecule has 0 rings (SSSR count). The average Bonchev–Trinajstić information content (AvgIpc) is 2.13. The lowest BCUT2D eigenvalue weighted by molar-refractivity contribution is -0.123.